The summed E-state index contributed by atoms with van der Waals surface area (Å²) < 4.78 is 16.2. The zero-order chi connectivity index (χ0) is 16.3. The Labute approximate surface area is 137 Å². The van der Waals surface area contributed by atoms with Crippen LogP contribution in [0.1, 0.15) is 31.2 Å². The minimum atomic E-state index is -0.420. The molecule has 126 valence electrons. The van der Waals surface area contributed by atoms with E-state index >= 15 is 0 Å². The molecule has 0 bridgehead atoms. The third-order valence-corrected chi connectivity index (χ3v) is 5.10. The van der Waals surface area contributed by atoms with Crippen LogP contribution in [0.5, 0.6) is 11.5 Å². The Morgan fingerprint density at radius 2 is 1.74 bits per heavy atom. The number of methoxy groups -OCH3 is 2. The molecule has 2 aliphatic rings. The molecule has 0 N–H and O–H groups in total. The van der Waals surface area contributed by atoms with E-state index in [4.69, 9.17) is 14.2 Å². The number of morpholine rings is 1. The highest BCUT2D eigenvalue weighted by atomic mass is 16.5. The van der Waals surface area contributed by atoms with Crippen LogP contribution < -0.4 is 9.47 Å². The van der Waals surface area contributed by atoms with E-state index in [1.54, 1.807) is 14.2 Å². The fraction of sp³-hybridized carbons (Fsp3) is 0.611. The smallest absolute Gasteiger partial charge is 0.233 e. The quantitative estimate of drug-likeness (QED) is 0.855. The van der Waals surface area contributed by atoms with Crippen molar-refractivity contribution in [1.82, 2.24) is 4.90 Å². The van der Waals surface area contributed by atoms with Gasteiger partial charge in [-0.2, -0.15) is 0 Å². The lowest BCUT2D eigenvalue weighted by Gasteiger charge is -2.37. The van der Waals surface area contributed by atoms with Gasteiger partial charge in [-0.3, -0.25) is 4.79 Å². The average molecular weight is 319 g/mol. The second-order valence-corrected chi connectivity index (χ2v) is 6.26. The van der Waals surface area contributed by atoms with E-state index in [0.717, 1.165) is 31.2 Å². The van der Waals surface area contributed by atoms with Gasteiger partial charge in [0.25, 0.3) is 0 Å². The summed E-state index contributed by atoms with van der Waals surface area (Å²) in [6.45, 7) is 2.64. The highest BCUT2D eigenvalue weighted by molar-refractivity contribution is 5.89. The van der Waals surface area contributed by atoms with E-state index in [-0.39, 0.29) is 5.91 Å². The lowest BCUT2D eigenvalue weighted by Crippen LogP contribution is -2.49. The van der Waals surface area contributed by atoms with Crippen molar-refractivity contribution in [2.75, 3.05) is 40.5 Å². The molecule has 2 fully saturated rings. The summed E-state index contributed by atoms with van der Waals surface area (Å²) in [5, 5.41) is 0. The molecule has 1 aliphatic heterocycles. The summed E-state index contributed by atoms with van der Waals surface area (Å²) in [6, 6.07) is 5.90. The van der Waals surface area contributed by atoms with Crippen LogP contribution in [-0.2, 0) is 14.9 Å². The van der Waals surface area contributed by atoms with Crippen LogP contribution in [0, 0.1) is 0 Å². The largest absolute Gasteiger partial charge is 0.493 e. The van der Waals surface area contributed by atoms with Crippen molar-refractivity contribution in [3.05, 3.63) is 23.8 Å². The maximum atomic E-state index is 13.3. The van der Waals surface area contributed by atoms with Gasteiger partial charge in [0.05, 0.1) is 32.8 Å². The second kappa shape index (κ2) is 6.79. The maximum Gasteiger partial charge on any atom is 0.233 e. The average Bonchev–Trinajstić information content (AvgIpc) is 3.12. The van der Waals surface area contributed by atoms with Crippen LogP contribution in [0.15, 0.2) is 18.2 Å². The van der Waals surface area contributed by atoms with Crippen molar-refractivity contribution in [2.45, 2.75) is 31.1 Å². The fourth-order valence-corrected chi connectivity index (χ4v) is 3.81. The summed E-state index contributed by atoms with van der Waals surface area (Å²) in [5.41, 5.74) is 0.626. The van der Waals surface area contributed by atoms with Gasteiger partial charge in [-0.1, -0.05) is 18.9 Å². The molecule has 5 heteroatoms. The summed E-state index contributed by atoms with van der Waals surface area (Å²) in [5.74, 6) is 1.62. The third kappa shape index (κ3) is 2.90. The molecule has 1 aliphatic carbocycles. The van der Waals surface area contributed by atoms with E-state index in [1.807, 2.05) is 23.1 Å². The van der Waals surface area contributed by atoms with Crippen LogP contribution in [-0.4, -0.2) is 51.3 Å². The van der Waals surface area contributed by atoms with E-state index in [9.17, 15) is 4.79 Å². The number of nitrogens with zero attached hydrogens (tertiary/aromatic N) is 1. The molecular weight excluding hydrogens is 294 g/mol. The molecule has 1 saturated carbocycles. The lowest BCUT2D eigenvalue weighted by molar-refractivity contribution is -0.141. The molecule has 1 aromatic rings. The second-order valence-electron chi connectivity index (χ2n) is 6.26. The Morgan fingerprint density at radius 1 is 1.09 bits per heavy atom. The molecule has 5 nitrogen and oxygen atoms in total. The number of carbonyl (C=O) groups excluding carboxylic acids is 1. The minimum Gasteiger partial charge on any atom is -0.493 e. The standard InChI is InChI=1S/C18H25NO4/c1-21-15-6-5-14(13-16(15)22-2)18(7-3-4-8-18)17(20)19-9-11-23-12-10-19/h5-6,13H,3-4,7-12H2,1-2H3. The summed E-state index contributed by atoms with van der Waals surface area (Å²) in [4.78, 5) is 15.2. The van der Waals surface area contributed by atoms with Crippen LogP contribution in [0.2, 0.25) is 0 Å². The van der Waals surface area contributed by atoms with Crippen LogP contribution in [0.3, 0.4) is 0 Å². The van der Waals surface area contributed by atoms with Crippen molar-refractivity contribution in [3.8, 4) is 11.5 Å². The van der Waals surface area contributed by atoms with Gasteiger partial charge in [-0.05, 0) is 30.5 Å². The van der Waals surface area contributed by atoms with E-state index < -0.39 is 5.41 Å². The number of carbonyl (C=O) groups is 1. The zero-order valence-electron chi connectivity index (χ0n) is 14.0. The summed E-state index contributed by atoms with van der Waals surface area (Å²) in [7, 11) is 3.26. The Bertz CT molecular complexity index is 560. The van der Waals surface area contributed by atoms with E-state index in [0.29, 0.717) is 37.8 Å². The monoisotopic (exact) mass is 319 g/mol. The van der Waals surface area contributed by atoms with Gasteiger partial charge < -0.3 is 19.1 Å². The molecule has 0 radical (unpaired) electrons. The Hall–Kier alpha value is -1.75. The van der Waals surface area contributed by atoms with Crippen LogP contribution in [0.4, 0.5) is 0 Å². The van der Waals surface area contributed by atoms with Crippen LogP contribution in [0.25, 0.3) is 0 Å². The number of hydrogen-bond acceptors (Lipinski definition) is 4. The van der Waals surface area contributed by atoms with Gasteiger partial charge in [0.15, 0.2) is 11.5 Å². The Morgan fingerprint density at radius 3 is 2.35 bits per heavy atom. The number of ether oxygens (including phenoxy) is 3. The molecular formula is C18H25NO4. The minimum absolute atomic E-state index is 0.241. The van der Waals surface area contributed by atoms with Crippen molar-refractivity contribution in [1.29, 1.82) is 0 Å². The molecule has 1 saturated heterocycles. The molecule has 1 aromatic carbocycles. The van der Waals surface area contributed by atoms with Gasteiger partial charge in [0.2, 0.25) is 5.91 Å². The van der Waals surface area contributed by atoms with Gasteiger partial charge in [-0.25, -0.2) is 0 Å². The van der Waals surface area contributed by atoms with Crippen molar-refractivity contribution >= 4 is 5.91 Å². The Balaban J connectivity index is 1.95. The van der Waals surface area contributed by atoms with Crippen molar-refractivity contribution < 1.29 is 19.0 Å². The normalized spacial score (nSPS) is 20.3. The highest BCUT2D eigenvalue weighted by Gasteiger charge is 2.45. The molecule has 0 unspecified atom stereocenters. The maximum absolute atomic E-state index is 13.3. The first-order valence-corrected chi connectivity index (χ1v) is 8.31. The summed E-state index contributed by atoms with van der Waals surface area (Å²) in [6.07, 6.45) is 3.98. The SMILES string of the molecule is COc1ccc(C2(C(=O)N3CCOCC3)CCCC2)cc1OC. The third-order valence-electron chi connectivity index (χ3n) is 5.10. The van der Waals surface area contributed by atoms with E-state index in [2.05, 4.69) is 0 Å². The molecule has 0 atom stereocenters. The highest BCUT2D eigenvalue weighted by Crippen LogP contribution is 2.45. The van der Waals surface area contributed by atoms with Crippen molar-refractivity contribution in [3.63, 3.8) is 0 Å². The predicted molar refractivity (Wildman–Crippen MR) is 87.1 cm³/mol. The number of amides is 1. The topological polar surface area (TPSA) is 48.0 Å². The first-order valence-electron chi connectivity index (χ1n) is 8.31. The van der Waals surface area contributed by atoms with E-state index in [1.165, 1.54) is 0 Å². The molecule has 0 aromatic heterocycles. The number of rotatable bonds is 4. The first kappa shape index (κ1) is 16.1. The van der Waals surface area contributed by atoms with Gasteiger partial charge in [0, 0.05) is 13.1 Å². The van der Waals surface area contributed by atoms with Gasteiger partial charge >= 0.3 is 0 Å². The van der Waals surface area contributed by atoms with Crippen molar-refractivity contribution in [2.24, 2.45) is 0 Å². The molecule has 0 spiro atoms. The molecule has 23 heavy (non-hydrogen) atoms. The lowest BCUT2D eigenvalue weighted by atomic mass is 9.77. The molecule has 1 heterocycles. The molecule has 1 amide bonds. The van der Waals surface area contributed by atoms with Crippen LogP contribution >= 0.6 is 0 Å². The number of benzene rings is 1. The van der Waals surface area contributed by atoms with Gasteiger partial charge in [-0.15, -0.1) is 0 Å². The fourth-order valence-electron chi connectivity index (χ4n) is 3.81. The zero-order valence-corrected chi connectivity index (χ0v) is 14.0. The summed E-state index contributed by atoms with van der Waals surface area (Å²) >= 11 is 0. The Kier molecular flexibility index (Phi) is 4.76. The predicted octanol–water partition coefficient (Wildman–Crippen LogP) is 2.37. The van der Waals surface area contributed by atoms with Gasteiger partial charge in [0.1, 0.15) is 0 Å². The molecule has 3 rings (SSSR count). The number of hydrogen-bond donors (Lipinski definition) is 0. The first-order chi connectivity index (χ1) is 11.2.